The fourth-order valence-electron chi connectivity index (χ4n) is 8.46. The number of aromatic nitrogens is 2. The molecule has 0 spiro atoms. The molecule has 0 amide bonds. The van der Waals surface area contributed by atoms with Crippen molar-refractivity contribution in [3.05, 3.63) is 182 Å². The highest BCUT2D eigenvalue weighted by Crippen LogP contribution is 2.42. The highest BCUT2D eigenvalue weighted by Gasteiger charge is 2.20. The van der Waals surface area contributed by atoms with Crippen molar-refractivity contribution in [2.45, 2.75) is 0 Å². The third-order valence-corrected chi connectivity index (χ3v) is 10.7. The van der Waals surface area contributed by atoms with E-state index >= 15 is 0 Å². The summed E-state index contributed by atoms with van der Waals surface area (Å²) in [5.41, 5.74) is 9.58. The van der Waals surface area contributed by atoms with Crippen LogP contribution in [0.15, 0.2) is 182 Å². The lowest BCUT2D eigenvalue weighted by molar-refractivity contribution is 1.17. The monoisotopic (exact) mass is 634 g/mol. The molecule has 0 fully saturated rings. The molecule has 0 N–H and O–H groups in total. The molecule has 50 heavy (non-hydrogen) atoms. The molecule has 2 heterocycles. The van der Waals surface area contributed by atoms with Crippen LogP contribution in [0.3, 0.4) is 0 Å². The van der Waals surface area contributed by atoms with Crippen molar-refractivity contribution in [1.82, 2.24) is 9.13 Å². The first-order chi connectivity index (χ1) is 24.8. The first kappa shape index (κ1) is 27.3. The van der Waals surface area contributed by atoms with Crippen LogP contribution in [0.4, 0.5) is 0 Å². The van der Waals surface area contributed by atoms with Crippen LogP contribution >= 0.6 is 0 Å². The molecule has 0 unspecified atom stereocenters. The van der Waals surface area contributed by atoms with E-state index in [1.165, 1.54) is 87.1 Å². The van der Waals surface area contributed by atoms with E-state index in [1.807, 2.05) is 0 Å². The Morgan fingerprint density at radius 1 is 0.220 bits per heavy atom. The Hall–Kier alpha value is -6.64. The second-order valence-corrected chi connectivity index (χ2v) is 13.3. The summed E-state index contributed by atoms with van der Waals surface area (Å²) < 4.78 is 4.90. The van der Waals surface area contributed by atoms with Crippen LogP contribution in [0.25, 0.3) is 98.4 Å². The molecule has 0 atom stereocenters. The summed E-state index contributed by atoms with van der Waals surface area (Å²) in [7, 11) is 0. The minimum atomic E-state index is 1.16. The standard InChI is InChI=1S/C48H30N2/c1-3-13-31(14-4-1)32-23-26-46-42(27-32)44-29-43-40-21-11-12-22-45(40)49(33-15-5-2-6-16-33)47(43)30-48(44)50(46)34-24-25-39-37-19-8-7-17-35(37)36-18-9-10-20-38(36)41(39)28-34/h1-30H. The van der Waals surface area contributed by atoms with Gasteiger partial charge in [0.25, 0.3) is 0 Å². The molecule has 0 bridgehead atoms. The highest BCUT2D eigenvalue weighted by atomic mass is 15.0. The van der Waals surface area contributed by atoms with Crippen molar-refractivity contribution in [3.63, 3.8) is 0 Å². The lowest BCUT2D eigenvalue weighted by Gasteiger charge is -2.14. The van der Waals surface area contributed by atoms with Gasteiger partial charge in [0.1, 0.15) is 0 Å². The number of fused-ring (bicyclic) bond motifs is 12. The molecule has 11 rings (SSSR count). The van der Waals surface area contributed by atoms with Gasteiger partial charge in [-0.3, -0.25) is 0 Å². The summed E-state index contributed by atoms with van der Waals surface area (Å²) in [6, 6.07) is 66.8. The first-order valence-corrected chi connectivity index (χ1v) is 17.3. The van der Waals surface area contributed by atoms with Crippen LogP contribution in [0.2, 0.25) is 0 Å². The Bertz CT molecular complexity index is 3090. The van der Waals surface area contributed by atoms with E-state index in [1.54, 1.807) is 0 Å². The van der Waals surface area contributed by atoms with E-state index in [2.05, 4.69) is 191 Å². The lowest BCUT2D eigenvalue weighted by Crippen LogP contribution is -1.96. The van der Waals surface area contributed by atoms with Gasteiger partial charge in [0.15, 0.2) is 0 Å². The van der Waals surface area contributed by atoms with Crippen molar-refractivity contribution >= 4 is 75.9 Å². The molecule has 2 aromatic heterocycles. The van der Waals surface area contributed by atoms with E-state index < -0.39 is 0 Å². The van der Waals surface area contributed by atoms with Gasteiger partial charge in [-0.05, 0) is 98.0 Å². The van der Waals surface area contributed by atoms with E-state index in [9.17, 15) is 0 Å². The maximum atomic E-state index is 2.48. The smallest absolute Gasteiger partial charge is 0.0562 e. The van der Waals surface area contributed by atoms with Crippen LogP contribution in [0.1, 0.15) is 0 Å². The molecule has 0 aliphatic heterocycles. The van der Waals surface area contributed by atoms with E-state index in [4.69, 9.17) is 0 Å². The number of para-hydroxylation sites is 2. The van der Waals surface area contributed by atoms with Gasteiger partial charge in [-0.25, -0.2) is 0 Å². The highest BCUT2D eigenvalue weighted by molar-refractivity contribution is 6.26. The van der Waals surface area contributed by atoms with Crippen LogP contribution in [0, 0.1) is 0 Å². The zero-order chi connectivity index (χ0) is 32.8. The van der Waals surface area contributed by atoms with Gasteiger partial charge >= 0.3 is 0 Å². The fourth-order valence-corrected chi connectivity index (χ4v) is 8.46. The molecular weight excluding hydrogens is 605 g/mol. The summed E-state index contributed by atoms with van der Waals surface area (Å²) in [5.74, 6) is 0. The van der Waals surface area contributed by atoms with Crippen LogP contribution in [-0.4, -0.2) is 9.13 Å². The van der Waals surface area contributed by atoms with Crippen molar-refractivity contribution in [2.75, 3.05) is 0 Å². The first-order valence-electron chi connectivity index (χ1n) is 17.3. The number of nitrogens with zero attached hydrogens (tertiary/aromatic N) is 2. The third kappa shape index (κ3) is 3.85. The SMILES string of the molecule is c1ccc(-c2ccc3c(c2)c2cc4c5ccccc5n(-c5ccccc5)c4cc2n3-c2ccc3c4ccccc4c4ccccc4c3c2)cc1. The topological polar surface area (TPSA) is 9.86 Å². The lowest BCUT2D eigenvalue weighted by atomic mass is 9.94. The van der Waals surface area contributed by atoms with E-state index in [0.717, 1.165) is 11.4 Å². The van der Waals surface area contributed by atoms with Crippen molar-refractivity contribution in [3.8, 4) is 22.5 Å². The maximum Gasteiger partial charge on any atom is 0.0562 e. The van der Waals surface area contributed by atoms with Crippen LogP contribution < -0.4 is 0 Å². The molecule has 9 aromatic carbocycles. The largest absolute Gasteiger partial charge is 0.309 e. The number of hydrogen-bond acceptors (Lipinski definition) is 0. The Morgan fingerprint density at radius 3 is 1.42 bits per heavy atom. The van der Waals surface area contributed by atoms with E-state index in [0.29, 0.717) is 0 Å². The summed E-state index contributed by atoms with van der Waals surface area (Å²) in [4.78, 5) is 0. The van der Waals surface area contributed by atoms with Crippen LogP contribution in [-0.2, 0) is 0 Å². The van der Waals surface area contributed by atoms with Crippen molar-refractivity contribution < 1.29 is 0 Å². The Morgan fingerprint density at radius 2 is 0.720 bits per heavy atom. The maximum absolute atomic E-state index is 2.48. The third-order valence-electron chi connectivity index (χ3n) is 10.7. The summed E-state index contributed by atoms with van der Waals surface area (Å²) >= 11 is 0. The molecule has 0 saturated carbocycles. The Labute approximate surface area is 288 Å². The van der Waals surface area contributed by atoms with Crippen molar-refractivity contribution in [2.24, 2.45) is 0 Å². The van der Waals surface area contributed by atoms with Gasteiger partial charge in [-0.1, -0.05) is 127 Å². The zero-order valence-corrected chi connectivity index (χ0v) is 27.2. The quantitative estimate of drug-likeness (QED) is 0.171. The molecule has 232 valence electrons. The Balaban J connectivity index is 1.29. The number of hydrogen-bond donors (Lipinski definition) is 0. The molecule has 0 radical (unpaired) electrons. The van der Waals surface area contributed by atoms with Gasteiger partial charge in [-0.15, -0.1) is 0 Å². The van der Waals surface area contributed by atoms with Gasteiger partial charge in [0.2, 0.25) is 0 Å². The minimum absolute atomic E-state index is 1.16. The van der Waals surface area contributed by atoms with Crippen molar-refractivity contribution in [1.29, 1.82) is 0 Å². The minimum Gasteiger partial charge on any atom is -0.309 e. The fraction of sp³-hybridized carbons (Fsp3) is 0. The predicted octanol–water partition coefficient (Wildman–Crippen LogP) is 13.0. The molecule has 11 aromatic rings. The molecule has 2 nitrogen and oxygen atoms in total. The predicted molar refractivity (Wildman–Crippen MR) is 213 cm³/mol. The van der Waals surface area contributed by atoms with Gasteiger partial charge < -0.3 is 9.13 Å². The van der Waals surface area contributed by atoms with E-state index in [-0.39, 0.29) is 0 Å². The molecule has 2 heteroatoms. The summed E-state index contributed by atoms with van der Waals surface area (Å²) in [6.07, 6.45) is 0. The Kier molecular flexibility index (Phi) is 5.70. The average molecular weight is 635 g/mol. The molecular formula is C48H30N2. The summed E-state index contributed by atoms with van der Waals surface area (Å²) in [6.45, 7) is 0. The average Bonchev–Trinajstić information content (AvgIpc) is 3.69. The van der Waals surface area contributed by atoms with Crippen LogP contribution in [0.5, 0.6) is 0 Å². The van der Waals surface area contributed by atoms with Gasteiger partial charge in [0.05, 0.1) is 22.1 Å². The molecule has 0 aliphatic carbocycles. The number of benzene rings is 9. The number of rotatable bonds is 3. The zero-order valence-electron chi connectivity index (χ0n) is 27.2. The van der Waals surface area contributed by atoms with Gasteiger partial charge in [0, 0.05) is 32.9 Å². The summed E-state index contributed by atoms with van der Waals surface area (Å²) in [5, 5.41) is 12.7. The normalized spacial score (nSPS) is 12.0. The second kappa shape index (κ2) is 10.4. The molecule has 0 saturated heterocycles. The molecule has 0 aliphatic rings. The van der Waals surface area contributed by atoms with Gasteiger partial charge in [-0.2, -0.15) is 0 Å². The second-order valence-electron chi connectivity index (χ2n) is 13.3.